The van der Waals surface area contributed by atoms with E-state index >= 15 is 0 Å². The summed E-state index contributed by atoms with van der Waals surface area (Å²) in [6.07, 6.45) is 3.25. The molecule has 0 fully saturated rings. The molecule has 1 aliphatic rings. The summed E-state index contributed by atoms with van der Waals surface area (Å²) in [6, 6.07) is 18.3. The van der Waals surface area contributed by atoms with E-state index in [2.05, 4.69) is 34.0 Å². The van der Waals surface area contributed by atoms with Gasteiger partial charge in [0, 0.05) is 23.5 Å². The van der Waals surface area contributed by atoms with Crippen molar-refractivity contribution in [2.24, 2.45) is 0 Å². The summed E-state index contributed by atoms with van der Waals surface area (Å²) in [4.78, 5) is 27.3. The monoisotopic (exact) mass is 383 g/mol. The van der Waals surface area contributed by atoms with Gasteiger partial charge < -0.3 is 4.90 Å². The summed E-state index contributed by atoms with van der Waals surface area (Å²) in [5.41, 5.74) is 7.44. The van der Waals surface area contributed by atoms with Crippen LogP contribution in [0.4, 0.5) is 5.69 Å². The molecule has 0 spiro atoms. The van der Waals surface area contributed by atoms with E-state index in [0.717, 1.165) is 37.2 Å². The van der Waals surface area contributed by atoms with Crippen molar-refractivity contribution in [2.75, 3.05) is 23.7 Å². The summed E-state index contributed by atoms with van der Waals surface area (Å²) in [7, 11) is 0. The molecule has 3 rings (SSSR count). The maximum absolute atomic E-state index is 12.2. The van der Waals surface area contributed by atoms with Crippen molar-refractivity contribution in [1.29, 1.82) is 0 Å². The number of anilines is 1. The third-order valence-electron chi connectivity index (χ3n) is 4.44. The number of aryl methyl sites for hydroxylation is 1. The molecule has 1 aliphatic heterocycles. The first-order valence-electron chi connectivity index (χ1n) is 9.31. The summed E-state index contributed by atoms with van der Waals surface area (Å²) >= 11 is 1.73. The fourth-order valence-electron chi connectivity index (χ4n) is 3.13. The molecule has 0 saturated heterocycles. The van der Waals surface area contributed by atoms with E-state index in [9.17, 15) is 9.59 Å². The molecule has 0 unspecified atom stereocenters. The molecule has 1 heterocycles. The van der Waals surface area contributed by atoms with Crippen LogP contribution in [0.5, 0.6) is 0 Å². The van der Waals surface area contributed by atoms with E-state index in [1.165, 1.54) is 10.5 Å². The predicted octanol–water partition coefficient (Wildman–Crippen LogP) is 3.16. The number of carbonyl (C=O) groups is 2. The number of para-hydroxylation sites is 1. The maximum Gasteiger partial charge on any atom is 0.257 e. The molecule has 0 bridgehead atoms. The highest BCUT2D eigenvalue weighted by Gasteiger charge is 2.18. The number of hydrogen-bond acceptors (Lipinski definition) is 4. The molecule has 2 aromatic rings. The van der Waals surface area contributed by atoms with Gasteiger partial charge in [0.1, 0.15) is 0 Å². The maximum atomic E-state index is 12.2. The molecule has 27 heavy (non-hydrogen) atoms. The molecule has 6 heteroatoms. The topological polar surface area (TPSA) is 61.4 Å². The number of hydrazine groups is 1. The van der Waals surface area contributed by atoms with Crippen LogP contribution in [0, 0.1) is 0 Å². The lowest BCUT2D eigenvalue weighted by molar-refractivity contribution is -0.128. The van der Waals surface area contributed by atoms with Crippen molar-refractivity contribution < 1.29 is 9.59 Å². The van der Waals surface area contributed by atoms with Gasteiger partial charge in [-0.15, -0.1) is 11.8 Å². The van der Waals surface area contributed by atoms with E-state index in [4.69, 9.17) is 0 Å². The second kappa shape index (κ2) is 10.0. The van der Waals surface area contributed by atoms with Gasteiger partial charge in [-0.1, -0.05) is 36.4 Å². The Kier molecular flexibility index (Phi) is 7.16. The lowest BCUT2D eigenvalue weighted by Gasteiger charge is -2.30. The third-order valence-corrected chi connectivity index (χ3v) is 5.54. The fraction of sp³-hybridized carbons (Fsp3) is 0.333. The van der Waals surface area contributed by atoms with E-state index in [0.29, 0.717) is 6.42 Å². The van der Waals surface area contributed by atoms with Gasteiger partial charge in [-0.05, 0) is 48.8 Å². The van der Waals surface area contributed by atoms with Crippen LogP contribution < -0.4 is 15.8 Å². The number of amides is 2. The van der Waals surface area contributed by atoms with Crippen LogP contribution in [0.3, 0.4) is 0 Å². The molecule has 5 nitrogen and oxygen atoms in total. The fourth-order valence-corrected chi connectivity index (χ4v) is 4.00. The molecular weight excluding hydrogens is 358 g/mol. The molecular formula is C21H25N3O2S. The Hall–Kier alpha value is -2.47. The van der Waals surface area contributed by atoms with Crippen LogP contribution in [-0.2, 0) is 16.0 Å². The van der Waals surface area contributed by atoms with Crippen LogP contribution in [-0.4, -0.2) is 30.7 Å². The van der Waals surface area contributed by atoms with Crippen LogP contribution in [0.15, 0.2) is 59.5 Å². The Morgan fingerprint density at radius 2 is 1.70 bits per heavy atom. The Morgan fingerprint density at radius 1 is 0.963 bits per heavy atom. The second-order valence-corrected chi connectivity index (χ2v) is 7.68. The molecule has 0 saturated carbocycles. The van der Waals surface area contributed by atoms with Gasteiger partial charge in [-0.25, -0.2) is 0 Å². The summed E-state index contributed by atoms with van der Waals surface area (Å²) < 4.78 is 0. The number of rotatable bonds is 7. The van der Waals surface area contributed by atoms with E-state index in [-0.39, 0.29) is 18.4 Å². The summed E-state index contributed by atoms with van der Waals surface area (Å²) in [5.74, 6) is 0.519. The van der Waals surface area contributed by atoms with Crippen LogP contribution >= 0.6 is 11.8 Å². The number of nitrogens with one attached hydrogen (secondary N) is 2. The molecule has 0 radical (unpaired) electrons. The smallest absolute Gasteiger partial charge is 0.257 e. The zero-order chi connectivity index (χ0) is 18.9. The highest BCUT2D eigenvalue weighted by atomic mass is 32.2. The van der Waals surface area contributed by atoms with E-state index in [1.807, 2.05) is 36.4 Å². The Balaban J connectivity index is 1.34. The number of thioether (sulfide) groups is 1. The van der Waals surface area contributed by atoms with Gasteiger partial charge in [0.2, 0.25) is 5.91 Å². The average Bonchev–Trinajstić information content (AvgIpc) is 2.71. The lowest BCUT2D eigenvalue weighted by atomic mass is 10.0. The molecule has 2 aromatic carbocycles. The SMILES string of the molecule is O=C(CCCSc1ccccc1)NNC(=O)CN1CCCc2ccccc21. The van der Waals surface area contributed by atoms with Crippen molar-refractivity contribution in [3.05, 3.63) is 60.2 Å². The first kappa shape index (κ1) is 19.3. The molecule has 142 valence electrons. The van der Waals surface area contributed by atoms with Crippen molar-refractivity contribution in [3.63, 3.8) is 0 Å². The predicted molar refractivity (Wildman–Crippen MR) is 110 cm³/mol. The van der Waals surface area contributed by atoms with Crippen molar-refractivity contribution >= 4 is 29.3 Å². The second-order valence-electron chi connectivity index (χ2n) is 6.52. The first-order chi connectivity index (χ1) is 13.2. The van der Waals surface area contributed by atoms with Crippen LogP contribution in [0.1, 0.15) is 24.8 Å². The number of carbonyl (C=O) groups excluding carboxylic acids is 2. The van der Waals surface area contributed by atoms with Crippen molar-refractivity contribution in [2.45, 2.75) is 30.6 Å². The highest BCUT2D eigenvalue weighted by molar-refractivity contribution is 7.99. The number of hydrogen-bond donors (Lipinski definition) is 2. The molecule has 2 amide bonds. The largest absolute Gasteiger partial charge is 0.362 e. The van der Waals surface area contributed by atoms with E-state index < -0.39 is 0 Å². The van der Waals surface area contributed by atoms with Crippen molar-refractivity contribution in [1.82, 2.24) is 10.9 Å². The van der Waals surface area contributed by atoms with Crippen LogP contribution in [0.25, 0.3) is 0 Å². The van der Waals surface area contributed by atoms with Gasteiger partial charge in [-0.2, -0.15) is 0 Å². The van der Waals surface area contributed by atoms with Gasteiger partial charge in [0.05, 0.1) is 6.54 Å². The summed E-state index contributed by atoms with van der Waals surface area (Å²) in [5, 5.41) is 0. The quantitative estimate of drug-likeness (QED) is 0.438. The van der Waals surface area contributed by atoms with Gasteiger partial charge in [0.25, 0.3) is 5.91 Å². The van der Waals surface area contributed by atoms with Crippen LogP contribution in [0.2, 0.25) is 0 Å². The normalized spacial score (nSPS) is 13.0. The molecule has 0 aliphatic carbocycles. The minimum absolute atomic E-state index is 0.156. The standard InChI is InChI=1S/C21H25N3O2S/c25-20(13-7-15-27-18-10-2-1-3-11-18)22-23-21(26)16-24-14-6-9-17-8-4-5-12-19(17)24/h1-5,8,10-12H,6-7,9,13-16H2,(H,22,25)(H,23,26). The Morgan fingerprint density at radius 3 is 2.56 bits per heavy atom. The minimum atomic E-state index is -0.196. The minimum Gasteiger partial charge on any atom is -0.362 e. The Bertz CT molecular complexity index is 767. The Labute approximate surface area is 164 Å². The third kappa shape index (κ3) is 6.03. The number of fused-ring (bicyclic) bond motifs is 1. The number of benzene rings is 2. The average molecular weight is 384 g/mol. The summed E-state index contributed by atoms with van der Waals surface area (Å²) in [6.45, 7) is 1.11. The van der Waals surface area contributed by atoms with Gasteiger partial charge >= 0.3 is 0 Å². The first-order valence-corrected chi connectivity index (χ1v) is 10.3. The molecule has 2 N–H and O–H groups in total. The zero-order valence-electron chi connectivity index (χ0n) is 15.3. The number of nitrogens with zero attached hydrogens (tertiary/aromatic N) is 1. The van der Waals surface area contributed by atoms with Gasteiger partial charge in [0.15, 0.2) is 0 Å². The van der Waals surface area contributed by atoms with E-state index in [1.54, 1.807) is 11.8 Å². The highest BCUT2D eigenvalue weighted by Crippen LogP contribution is 2.26. The molecule has 0 atom stereocenters. The molecule has 0 aromatic heterocycles. The van der Waals surface area contributed by atoms with Gasteiger partial charge in [-0.3, -0.25) is 20.4 Å². The lowest BCUT2D eigenvalue weighted by Crippen LogP contribution is -2.47. The zero-order valence-corrected chi connectivity index (χ0v) is 16.1. The van der Waals surface area contributed by atoms with Crippen molar-refractivity contribution in [3.8, 4) is 0 Å².